The van der Waals surface area contributed by atoms with Crippen LogP contribution in [0.15, 0.2) is 23.3 Å². The first-order chi connectivity index (χ1) is 8.49. The lowest BCUT2D eigenvalue weighted by atomic mass is 9.84. The molecule has 0 radical (unpaired) electrons. The Hall–Kier alpha value is -1.58. The molecule has 18 heavy (non-hydrogen) atoms. The van der Waals surface area contributed by atoms with Crippen LogP contribution in [-0.2, 0) is 19.1 Å². The molecule has 1 fully saturated rings. The summed E-state index contributed by atoms with van der Waals surface area (Å²) >= 11 is 0. The zero-order chi connectivity index (χ0) is 13.0. The maximum absolute atomic E-state index is 11.6. The van der Waals surface area contributed by atoms with Crippen molar-refractivity contribution in [2.24, 2.45) is 11.8 Å². The van der Waals surface area contributed by atoms with E-state index in [1.807, 2.05) is 0 Å². The van der Waals surface area contributed by atoms with Crippen molar-refractivity contribution < 1.29 is 19.1 Å². The molecule has 0 spiro atoms. The minimum atomic E-state index is -0.352. The molecule has 4 nitrogen and oxygen atoms in total. The first-order valence-electron chi connectivity index (χ1n) is 6.25. The molecule has 4 heteroatoms. The van der Waals surface area contributed by atoms with E-state index < -0.39 is 0 Å². The summed E-state index contributed by atoms with van der Waals surface area (Å²) in [6.45, 7) is 7.28. The molecular weight excluding hydrogens is 232 g/mol. The smallest absolute Gasteiger partial charge is 0.333 e. The Labute approximate surface area is 106 Å². The van der Waals surface area contributed by atoms with Gasteiger partial charge in [0, 0.05) is 17.4 Å². The maximum Gasteiger partial charge on any atom is 0.333 e. The Balaban J connectivity index is 1.81. The number of carbonyl (C=O) groups excluding carboxylic acids is 2. The average Bonchev–Trinajstić information content (AvgIpc) is 2.86. The molecule has 1 saturated heterocycles. The minimum absolute atomic E-state index is 0.00715. The van der Waals surface area contributed by atoms with Crippen LogP contribution in [0.1, 0.15) is 26.7 Å². The van der Waals surface area contributed by atoms with Gasteiger partial charge in [-0.3, -0.25) is 4.79 Å². The molecule has 4 atom stereocenters. The fraction of sp³-hybridized carbons (Fsp3) is 0.571. The summed E-state index contributed by atoms with van der Waals surface area (Å²) in [6, 6.07) is 0. The predicted octanol–water partition coefficient (Wildman–Crippen LogP) is 1.76. The lowest BCUT2D eigenvalue weighted by Gasteiger charge is -2.28. The summed E-state index contributed by atoms with van der Waals surface area (Å²) in [5, 5.41) is 0. The average molecular weight is 248 g/mol. The van der Waals surface area contributed by atoms with Gasteiger partial charge in [-0.1, -0.05) is 12.2 Å². The Bertz CT molecular complexity index is 488. The molecule has 1 heterocycles. The number of fused-ring (bicyclic) bond motifs is 4. The van der Waals surface area contributed by atoms with Crippen molar-refractivity contribution >= 4 is 11.9 Å². The van der Waals surface area contributed by atoms with E-state index in [1.54, 1.807) is 6.92 Å². The van der Waals surface area contributed by atoms with Crippen LogP contribution in [0.2, 0.25) is 0 Å². The van der Waals surface area contributed by atoms with Gasteiger partial charge in [0.2, 0.25) is 0 Å². The molecule has 2 aliphatic carbocycles. The maximum atomic E-state index is 11.6. The Morgan fingerprint density at radius 2 is 2.17 bits per heavy atom. The fourth-order valence-electron chi connectivity index (χ4n) is 3.48. The molecule has 4 unspecified atom stereocenters. The van der Waals surface area contributed by atoms with Crippen LogP contribution in [0.25, 0.3) is 0 Å². The quantitative estimate of drug-likeness (QED) is 0.424. The molecular formula is C14H16O4. The van der Waals surface area contributed by atoms with Crippen molar-refractivity contribution in [3.8, 4) is 0 Å². The van der Waals surface area contributed by atoms with Crippen LogP contribution >= 0.6 is 0 Å². The molecule has 0 N–H and O–H groups in total. The van der Waals surface area contributed by atoms with Crippen LogP contribution < -0.4 is 0 Å². The third-order valence-electron chi connectivity index (χ3n) is 4.27. The molecule has 0 aromatic rings. The van der Waals surface area contributed by atoms with E-state index in [0.29, 0.717) is 12.0 Å². The van der Waals surface area contributed by atoms with E-state index in [0.717, 1.165) is 12.0 Å². The van der Waals surface area contributed by atoms with Gasteiger partial charge in [0.05, 0.1) is 6.42 Å². The topological polar surface area (TPSA) is 52.6 Å². The van der Waals surface area contributed by atoms with Crippen molar-refractivity contribution in [3.05, 3.63) is 23.3 Å². The first kappa shape index (κ1) is 11.5. The van der Waals surface area contributed by atoms with Gasteiger partial charge in [0.25, 0.3) is 0 Å². The van der Waals surface area contributed by atoms with E-state index in [4.69, 9.17) is 9.47 Å². The Morgan fingerprint density at radius 1 is 1.44 bits per heavy atom. The highest BCUT2D eigenvalue weighted by atomic mass is 16.6. The number of carbonyl (C=O) groups is 2. The van der Waals surface area contributed by atoms with Crippen LogP contribution in [0.3, 0.4) is 0 Å². The van der Waals surface area contributed by atoms with Gasteiger partial charge in [0.1, 0.15) is 12.2 Å². The zero-order valence-electron chi connectivity index (χ0n) is 10.6. The molecule has 2 bridgehead atoms. The highest BCUT2D eigenvalue weighted by Gasteiger charge is 2.56. The normalized spacial score (nSPS) is 36.7. The zero-order valence-corrected chi connectivity index (χ0v) is 10.6. The summed E-state index contributed by atoms with van der Waals surface area (Å²) in [4.78, 5) is 22.9. The van der Waals surface area contributed by atoms with E-state index >= 15 is 0 Å². The van der Waals surface area contributed by atoms with E-state index in [9.17, 15) is 9.59 Å². The molecule has 0 amide bonds. The lowest BCUT2D eigenvalue weighted by molar-refractivity contribution is -0.147. The molecule has 0 aromatic carbocycles. The molecule has 3 aliphatic rings. The predicted molar refractivity (Wildman–Crippen MR) is 63.5 cm³/mol. The van der Waals surface area contributed by atoms with Crippen LogP contribution in [-0.4, -0.2) is 24.1 Å². The monoisotopic (exact) mass is 248 g/mol. The van der Waals surface area contributed by atoms with Crippen LogP contribution in [0, 0.1) is 11.8 Å². The minimum Gasteiger partial charge on any atom is -0.461 e. The first-order valence-corrected chi connectivity index (χ1v) is 6.25. The van der Waals surface area contributed by atoms with Crippen molar-refractivity contribution in [1.82, 2.24) is 0 Å². The van der Waals surface area contributed by atoms with Gasteiger partial charge in [-0.2, -0.15) is 0 Å². The van der Waals surface area contributed by atoms with Crippen LogP contribution in [0.5, 0.6) is 0 Å². The van der Waals surface area contributed by atoms with E-state index in [2.05, 4.69) is 13.5 Å². The van der Waals surface area contributed by atoms with Crippen molar-refractivity contribution in [2.75, 3.05) is 0 Å². The second-order valence-electron chi connectivity index (χ2n) is 5.42. The highest BCUT2D eigenvalue weighted by Crippen LogP contribution is 2.54. The molecule has 0 saturated carbocycles. The Morgan fingerprint density at radius 3 is 2.83 bits per heavy atom. The summed E-state index contributed by atoms with van der Waals surface area (Å²) in [6.07, 6.45) is 0.978. The third-order valence-corrected chi connectivity index (χ3v) is 4.27. The number of esters is 2. The van der Waals surface area contributed by atoms with Crippen molar-refractivity contribution in [1.29, 1.82) is 0 Å². The van der Waals surface area contributed by atoms with E-state index in [1.165, 1.54) is 5.57 Å². The van der Waals surface area contributed by atoms with Gasteiger partial charge in [0.15, 0.2) is 0 Å². The van der Waals surface area contributed by atoms with E-state index in [-0.39, 0.29) is 36.0 Å². The lowest BCUT2D eigenvalue weighted by Crippen LogP contribution is -2.33. The second kappa shape index (κ2) is 3.70. The van der Waals surface area contributed by atoms with Gasteiger partial charge in [-0.25, -0.2) is 4.79 Å². The van der Waals surface area contributed by atoms with Gasteiger partial charge in [-0.05, 0) is 25.8 Å². The van der Waals surface area contributed by atoms with Crippen molar-refractivity contribution in [3.63, 3.8) is 0 Å². The van der Waals surface area contributed by atoms with Gasteiger partial charge >= 0.3 is 11.9 Å². The molecule has 96 valence electrons. The number of ether oxygens (including phenoxy) is 2. The molecule has 3 rings (SSSR count). The van der Waals surface area contributed by atoms with Crippen molar-refractivity contribution in [2.45, 2.75) is 38.9 Å². The van der Waals surface area contributed by atoms with Gasteiger partial charge in [-0.15, -0.1) is 0 Å². The summed E-state index contributed by atoms with van der Waals surface area (Å²) in [7, 11) is 0. The SMILES string of the molecule is C=C(C)C(=O)OC1CC2C(C)=C1C1CC(=O)OC21. The fourth-order valence-corrected chi connectivity index (χ4v) is 3.48. The largest absolute Gasteiger partial charge is 0.461 e. The summed E-state index contributed by atoms with van der Waals surface area (Å²) < 4.78 is 10.8. The standard InChI is InChI=1S/C14H16O4/c1-6(2)14(16)17-10-4-8-7(3)12(10)9-5-11(15)18-13(8)9/h8-10,13H,1,4-5H2,2-3H3. The summed E-state index contributed by atoms with van der Waals surface area (Å²) in [5.41, 5.74) is 2.77. The number of hydrogen-bond acceptors (Lipinski definition) is 4. The summed E-state index contributed by atoms with van der Waals surface area (Å²) in [5.74, 6) is -0.125. The Kier molecular flexibility index (Phi) is 2.37. The number of hydrogen-bond donors (Lipinski definition) is 0. The number of rotatable bonds is 2. The molecule has 1 aliphatic heterocycles. The van der Waals surface area contributed by atoms with Gasteiger partial charge < -0.3 is 9.47 Å². The third kappa shape index (κ3) is 1.44. The van der Waals surface area contributed by atoms with Crippen LogP contribution in [0.4, 0.5) is 0 Å². The molecule has 0 aromatic heterocycles. The second-order valence-corrected chi connectivity index (χ2v) is 5.42. The highest BCUT2D eigenvalue weighted by molar-refractivity contribution is 5.87.